The molecule has 1 saturated carbocycles. The molecule has 5 rings (SSSR count). The number of amides is 1. The van der Waals surface area contributed by atoms with Crippen LogP contribution in [0.2, 0.25) is 0 Å². The van der Waals surface area contributed by atoms with E-state index in [1.165, 1.54) is 0 Å². The van der Waals surface area contributed by atoms with E-state index in [0.717, 1.165) is 22.3 Å². The Labute approximate surface area is 195 Å². The maximum Gasteiger partial charge on any atom is 0.413 e. The highest BCUT2D eigenvalue weighted by atomic mass is 16.6. The van der Waals surface area contributed by atoms with Crippen LogP contribution >= 0.6 is 0 Å². The predicted octanol–water partition coefficient (Wildman–Crippen LogP) is 5.27. The van der Waals surface area contributed by atoms with Crippen LogP contribution in [0.15, 0.2) is 83.5 Å². The Morgan fingerprint density at radius 2 is 1.50 bits per heavy atom. The zero-order chi connectivity index (χ0) is 23.5. The molecule has 170 valence electrons. The third kappa shape index (κ3) is 4.25. The number of nitrogens with zero attached hydrogens (tertiary/aromatic N) is 2. The van der Waals surface area contributed by atoms with E-state index < -0.39 is 17.5 Å². The van der Waals surface area contributed by atoms with Crippen molar-refractivity contribution in [2.45, 2.75) is 24.9 Å². The van der Waals surface area contributed by atoms with Crippen molar-refractivity contribution in [3.8, 4) is 22.4 Å². The smallest absolute Gasteiger partial charge is 0.413 e. The molecule has 1 aliphatic rings. The van der Waals surface area contributed by atoms with Gasteiger partial charge in [-0.1, -0.05) is 78.9 Å². The monoisotopic (exact) mass is 455 g/mol. The van der Waals surface area contributed by atoms with Crippen molar-refractivity contribution in [3.63, 3.8) is 0 Å². The molecule has 0 aliphatic heterocycles. The maximum atomic E-state index is 12.2. The summed E-state index contributed by atoms with van der Waals surface area (Å²) in [6.45, 7) is 0.133. The molecule has 4 aromatic rings. The first-order valence-corrected chi connectivity index (χ1v) is 10.8. The van der Waals surface area contributed by atoms with Crippen LogP contribution in [0.4, 0.5) is 10.6 Å². The van der Waals surface area contributed by atoms with E-state index in [9.17, 15) is 14.7 Å². The van der Waals surface area contributed by atoms with Crippen molar-refractivity contribution in [2.75, 3.05) is 5.32 Å². The largest absolute Gasteiger partial charge is 0.481 e. The molecule has 0 radical (unpaired) electrons. The summed E-state index contributed by atoms with van der Waals surface area (Å²) >= 11 is 0. The van der Waals surface area contributed by atoms with E-state index in [0.29, 0.717) is 24.1 Å². The van der Waals surface area contributed by atoms with Crippen molar-refractivity contribution in [3.05, 3.63) is 90.0 Å². The number of anilines is 1. The van der Waals surface area contributed by atoms with Gasteiger partial charge in [0.2, 0.25) is 5.82 Å². The fourth-order valence-corrected chi connectivity index (χ4v) is 3.87. The van der Waals surface area contributed by atoms with Crippen LogP contribution in [0.5, 0.6) is 0 Å². The van der Waals surface area contributed by atoms with E-state index in [4.69, 9.17) is 9.37 Å². The van der Waals surface area contributed by atoms with Crippen LogP contribution in [-0.2, 0) is 21.6 Å². The first-order valence-electron chi connectivity index (χ1n) is 10.8. The predicted molar refractivity (Wildman–Crippen MR) is 124 cm³/mol. The number of carboxylic acid groups (broad SMARTS) is 1. The molecule has 1 heterocycles. The zero-order valence-electron chi connectivity index (χ0n) is 18.1. The maximum absolute atomic E-state index is 12.2. The minimum Gasteiger partial charge on any atom is -0.481 e. The van der Waals surface area contributed by atoms with Crippen molar-refractivity contribution < 1.29 is 24.1 Å². The second-order valence-electron chi connectivity index (χ2n) is 8.19. The quantitative estimate of drug-likeness (QED) is 0.390. The standard InChI is InChI=1S/C26H21N3O5/c30-24(31)26(14-15-26)21-12-10-19(11-13-21)18-6-8-20(9-7-18)22-23(29-34-28-22)27-25(32)33-16-17-4-2-1-3-5-17/h1-13H,14-16H2,(H,30,31)(H,27,29,32). The summed E-state index contributed by atoms with van der Waals surface area (Å²) in [6.07, 6.45) is 0.698. The van der Waals surface area contributed by atoms with Crippen LogP contribution < -0.4 is 5.32 Å². The second-order valence-corrected chi connectivity index (χ2v) is 8.19. The lowest BCUT2D eigenvalue weighted by molar-refractivity contribution is -0.140. The summed E-state index contributed by atoms with van der Waals surface area (Å²) < 4.78 is 10.1. The molecule has 0 saturated heterocycles. The SMILES string of the molecule is O=C(Nc1nonc1-c1ccc(-c2ccc(C3(C(=O)O)CC3)cc2)cc1)OCc1ccccc1. The number of hydrogen-bond acceptors (Lipinski definition) is 6. The number of benzene rings is 3. The van der Waals surface area contributed by atoms with Gasteiger partial charge in [-0.2, -0.15) is 0 Å². The van der Waals surface area contributed by atoms with E-state index in [1.807, 2.05) is 78.9 Å². The Bertz CT molecular complexity index is 1310. The Hall–Kier alpha value is -4.46. The summed E-state index contributed by atoms with van der Waals surface area (Å²) in [4.78, 5) is 23.7. The lowest BCUT2D eigenvalue weighted by atomic mass is 9.93. The first-order chi connectivity index (χ1) is 16.5. The highest BCUT2D eigenvalue weighted by Gasteiger charge is 2.51. The molecular weight excluding hydrogens is 434 g/mol. The lowest BCUT2D eigenvalue weighted by Gasteiger charge is -2.11. The summed E-state index contributed by atoms with van der Waals surface area (Å²) in [6, 6.07) is 24.5. The van der Waals surface area contributed by atoms with Gasteiger partial charge in [0.05, 0.1) is 5.41 Å². The molecular formula is C26H21N3O5. The molecule has 34 heavy (non-hydrogen) atoms. The summed E-state index contributed by atoms with van der Waals surface area (Å²) in [5.74, 6) is -0.599. The Kier molecular flexibility index (Phi) is 5.55. The average molecular weight is 455 g/mol. The molecule has 1 amide bonds. The minimum atomic E-state index is -0.765. The lowest BCUT2D eigenvalue weighted by Crippen LogP contribution is -2.19. The minimum absolute atomic E-state index is 0.133. The fraction of sp³-hybridized carbons (Fsp3) is 0.154. The summed E-state index contributed by atoms with van der Waals surface area (Å²) in [5, 5.41) is 19.7. The molecule has 8 nitrogen and oxygen atoms in total. The molecule has 8 heteroatoms. The number of carboxylic acids is 1. The van der Waals surface area contributed by atoms with Gasteiger partial charge in [0.1, 0.15) is 6.61 Å². The van der Waals surface area contributed by atoms with Gasteiger partial charge in [-0.15, -0.1) is 0 Å². The number of carbonyl (C=O) groups is 2. The third-order valence-corrected chi connectivity index (χ3v) is 6.01. The van der Waals surface area contributed by atoms with Crippen molar-refractivity contribution >= 4 is 17.9 Å². The van der Waals surface area contributed by atoms with Crippen molar-refractivity contribution in [2.24, 2.45) is 0 Å². The number of aliphatic carboxylic acids is 1. The molecule has 1 fully saturated rings. The Balaban J connectivity index is 1.26. The molecule has 0 bridgehead atoms. The molecule has 0 spiro atoms. The highest BCUT2D eigenvalue weighted by molar-refractivity contribution is 5.88. The molecule has 3 aromatic carbocycles. The Morgan fingerprint density at radius 1 is 0.882 bits per heavy atom. The highest BCUT2D eigenvalue weighted by Crippen LogP contribution is 2.48. The van der Waals surface area contributed by atoms with Gasteiger partial charge in [-0.3, -0.25) is 10.1 Å². The number of rotatable bonds is 7. The van der Waals surface area contributed by atoms with E-state index in [-0.39, 0.29) is 12.4 Å². The molecule has 1 aliphatic carbocycles. The van der Waals surface area contributed by atoms with Crippen LogP contribution in [0, 0.1) is 0 Å². The van der Waals surface area contributed by atoms with Gasteiger partial charge in [-0.25, -0.2) is 9.42 Å². The van der Waals surface area contributed by atoms with Crippen LogP contribution in [0.25, 0.3) is 22.4 Å². The first kappa shape index (κ1) is 21.4. The van der Waals surface area contributed by atoms with Crippen LogP contribution in [0.3, 0.4) is 0 Å². The van der Waals surface area contributed by atoms with E-state index in [1.54, 1.807) is 0 Å². The Morgan fingerprint density at radius 3 is 2.12 bits per heavy atom. The van der Waals surface area contributed by atoms with Gasteiger partial charge < -0.3 is 9.84 Å². The summed E-state index contributed by atoms with van der Waals surface area (Å²) in [7, 11) is 0. The van der Waals surface area contributed by atoms with E-state index >= 15 is 0 Å². The zero-order valence-corrected chi connectivity index (χ0v) is 18.1. The van der Waals surface area contributed by atoms with Crippen molar-refractivity contribution in [1.82, 2.24) is 10.3 Å². The molecule has 1 aromatic heterocycles. The van der Waals surface area contributed by atoms with Gasteiger partial charge in [-0.05, 0) is 45.4 Å². The van der Waals surface area contributed by atoms with Gasteiger partial charge in [0.25, 0.3) is 0 Å². The van der Waals surface area contributed by atoms with E-state index in [2.05, 4.69) is 15.6 Å². The van der Waals surface area contributed by atoms with Crippen molar-refractivity contribution in [1.29, 1.82) is 0 Å². The van der Waals surface area contributed by atoms with Crippen LogP contribution in [-0.4, -0.2) is 27.5 Å². The van der Waals surface area contributed by atoms with Gasteiger partial charge in [0.15, 0.2) is 5.69 Å². The summed E-state index contributed by atoms with van der Waals surface area (Å²) in [5.41, 5.74) is 4.02. The average Bonchev–Trinajstić information content (AvgIpc) is 3.57. The molecule has 0 unspecified atom stereocenters. The fourth-order valence-electron chi connectivity index (χ4n) is 3.87. The van der Waals surface area contributed by atoms with Crippen LogP contribution in [0.1, 0.15) is 24.0 Å². The molecule has 2 N–H and O–H groups in total. The van der Waals surface area contributed by atoms with Gasteiger partial charge in [0, 0.05) is 5.56 Å². The number of aromatic nitrogens is 2. The normalized spacial score (nSPS) is 13.8. The number of nitrogens with one attached hydrogen (secondary N) is 1. The number of carbonyl (C=O) groups excluding carboxylic acids is 1. The topological polar surface area (TPSA) is 115 Å². The molecule has 0 atom stereocenters. The number of hydrogen-bond donors (Lipinski definition) is 2. The second kappa shape index (κ2) is 8.82. The van der Waals surface area contributed by atoms with Gasteiger partial charge >= 0.3 is 12.1 Å². The number of ether oxygens (including phenoxy) is 1. The third-order valence-electron chi connectivity index (χ3n) is 6.01.